The van der Waals surface area contributed by atoms with Gasteiger partial charge in [0.1, 0.15) is 5.82 Å². The van der Waals surface area contributed by atoms with Gasteiger partial charge < -0.3 is 14.6 Å². The lowest BCUT2D eigenvalue weighted by atomic mass is 9.77. The monoisotopic (exact) mass is 318 g/mol. The van der Waals surface area contributed by atoms with E-state index in [4.69, 9.17) is 4.74 Å². The van der Waals surface area contributed by atoms with Crippen LogP contribution in [-0.2, 0) is 16.1 Å². The number of carbonyl (C=O) groups is 1. The Morgan fingerprint density at radius 2 is 2.17 bits per heavy atom. The summed E-state index contributed by atoms with van der Waals surface area (Å²) in [7, 11) is 0. The number of nitrogens with zero attached hydrogens (tertiary/aromatic N) is 3. The molecule has 0 unspecified atom stereocenters. The highest BCUT2D eigenvalue weighted by atomic mass is 16.5. The fraction of sp³-hybridized carbons (Fsp3) is 0.765. The van der Waals surface area contributed by atoms with Crippen molar-refractivity contribution in [2.45, 2.75) is 44.7 Å². The first-order valence-corrected chi connectivity index (χ1v) is 8.86. The molecule has 3 saturated heterocycles. The number of aromatic nitrogens is 2. The van der Waals surface area contributed by atoms with Crippen molar-refractivity contribution in [3.8, 4) is 0 Å². The maximum atomic E-state index is 13.2. The normalized spacial score (nSPS) is 30.4. The van der Waals surface area contributed by atoms with Crippen LogP contribution in [-0.4, -0.2) is 64.6 Å². The molecule has 0 radical (unpaired) electrons. The molecule has 23 heavy (non-hydrogen) atoms. The molecule has 0 aromatic carbocycles. The van der Waals surface area contributed by atoms with E-state index in [1.54, 1.807) is 6.20 Å². The molecule has 0 aliphatic carbocycles. The number of nitrogens with one attached hydrogen (secondary N) is 1. The first-order chi connectivity index (χ1) is 11.3. The largest absolute Gasteiger partial charge is 0.381 e. The lowest BCUT2D eigenvalue weighted by Gasteiger charge is -2.44. The van der Waals surface area contributed by atoms with Gasteiger partial charge in [-0.2, -0.15) is 0 Å². The Morgan fingerprint density at radius 1 is 1.30 bits per heavy atom. The molecule has 1 aromatic rings. The van der Waals surface area contributed by atoms with Gasteiger partial charge in [0.25, 0.3) is 0 Å². The highest BCUT2D eigenvalue weighted by Crippen LogP contribution is 2.41. The zero-order valence-electron chi connectivity index (χ0n) is 13.7. The van der Waals surface area contributed by atoms with Gasteiger partial charge in [0.2, 0.25) is 5.91 Å². The third-order valence-electron chi connectivity index (χ3n) is 5.76. The summed E-state index contributed by atoms with van der Waals surface area (Å²) in [5.74, 6) is 1.39. The van der Waals surface area contributed by atoms with Crippen molar-refractivity contribution in [1.29, 1.82) is 0 Å². The Balaban J connectivity index is 1.44. The first kappa shape index (κ1) is 15.1. The number of amides is 1. The van der Waals surface area contributed by atoms with Crippen LogP contribution in [0.3, 0.4) is 0 Å². The molecule has 1 spiro atoms. The second kappa shape index (κ2) is 6.24. The van der Waals surface area contributed by atoms with Crippen LogP contribution in [0.25, 0.3) is 0 Å². The third kappa shape index (κ3) is 2.90. The predicted octanol–water partition coefficient (Wildman–Crippen LogP) is 1.40. The average Bonchev–Trinajstić information content (AvgIpc) is 3.23. The van der Waals surface area contributed by atoms with Crippen LogP contribution in [0.15, 0.2) is 12.4 Å². The van der Waals surface area contributed by atoms with E-state index in [9.17, 15) is 4.79 Å². The standard InChI is InChI=1S/C17H26N4O2/c22-16-17(4-1-8-21(16)14-2-10-23-11-3-14)5-9-20(13-17)12-15-18-6-7-19-15/h6-7,14H,1-5,8-13H2,(H,18,19)/t17-/m0/s1. The lowest BCUT2D eigenvalue weighted by molar-refractivity contribution is -0.150. The number of likely N-dealkylation sites (tertiary alicyclic amines) is 2. The second-order valence-corrected chi connectivity index (χ2v) is 7.22. The Kier molecular flexibility index (Phi) is 4.11. The smallest absolute Gasteiger partial charge is 0.230 e. The first-order valence-electron chi connectivity index (χ1n) is 8.86. The van der Waals surface area contributed by atoms with Gasteiger partial charge in [-0.25, -0.2) is 4.98 Å². The number of piperidine rings is 1. The van der Waals surface area contributed by atoms with Crippen LogP contribution in [0, 0.1) is 5.41 Å². The number of hydrogen-bond acceptors (Lipinski definition) is 4. The fourth-order valence-corrected chi connectivity index (χ4v) is 4.51. The Bertz CT molecular complexity index is 541. The minimum absolute atomic E-state index is 0.150. The SMILES string of the molecule is O=C1N(C2CCOCC2)CCC[C@@]12CCN(Cc1ncc[nH]1)C2. The Labute approximate surface area is 137 Å². The molecule has 3 fully saturated rings. The zero-order valence-corrected chi connectivity index (χ0v) is 13.7. The minimum atomic E-state index is -0.150. The molecule has 1 N–H and O–H groups in total. The number of H-pyrrole nitrogens is 1. The van der Waals surface area contributed by atoms with Gasteiger partial charge in [0.15, 0.2) is 0 Å². The molecule has 4 rings (SSSR count). The highest BCUT2D eigenvalue weighted by Gasteiger charge is 2.49. The van der Waals surface area contributed by atoms with Gasteiger partial charge in [-0.05, 0) is 38.6 Å². The molecule has 0 bridgehead atoms. The molecule has 3 aliphatic rings. The fourth-order valence-electron chi connectivity index (χ4n) is 4.51. The molecule has 4 heterocycles. The Hall–Kier alpha value is -1.40. The summed E-state index contributed by atoms with van der Waals surface area (Å²) in [4.78, 5) is 25.3. The Morgan fingerprint density at radius 3 is 2.96 bits per heavy atom. The van der Waals surface area contributed by atoms with E-state index in [0.29, 0.717) is 11.9 Å². The second-order valence-electron chi connectivity index (χ2n) is 7.22. The number of aromatic amines is 1. The molecule has 3 aliphatic heterocycles. The minimum Gasteiger partial charge on any atom is -0.381 e. The number of hydrogen-bond donors (Lipinski definition) is 1. The van der Waals surface area contributed by atoms with Crippen molar-refractivity contribution in [2.24, 2.45) is 5.41 Å². The van der Waals surface area contributed by atoms with Crippen molar-refractivity contribution in [1.82, 2.24) is 19.8 Å². The van der Waals surface area contributed by atoms with E-state index >= 15 is 0 Å². The average molecular weight is 318 g/mol. The van der Waals surface area contributed by atoms with Gasteiger partial charge in [-0.1, -0.05) is 0 Å². The lowest BCUT2D eigenvalue weighted by Crippen LogP contribution is -2.54. The van der Waals surface area contributed by atoms with Gasteiger partial charge in [0.05, 0.1) is 12.0 Å². The molecule has 1 aromatic heterocycles. The van der Waals surface area contributed by atoms with E-state index in [1.165, 1.54) is 0 Å². The van der Waals surface area contributed by atoms with Crippen molar-refractivity contribution in [3.05, 3.63) is 18.2 Å². The number of rotatable bonds is 3. The molecule has 126 valence electrons. The molecule has 6 nitrogen and oxygen atoms in total. The van der Waals surface area contributed by atoms with Crippen LogP contribution >= 0.6 is 0 Å². The number of ether oxygens (including phenoxy) is 1. The summed E-state index contributed by atoms with van der Waals surface area (Å²) in [6, 6.07) is 0.396. The van der Waals surface area contributed by atoms with Crippen LogP contribution in [0.1, 0.15) is 37.9 Å². The van der Waals surface area contributed by atoms with E-state index in [0.717, 1.165) is 77.3 Å². The maximum absolute atomic E-state index is 13.2. The molecular formula is C17H26N4O2. The van der Waals surface area contributed by atoms with Crippen molar-refractivity contribution < 1.29 is 9.53 Å². The van der Waals surface area contributed by atoms with Crippen LogP contribution in [0.2, 0.25) is 0 Å². The summed E-state index contributed by atoms with van der Waals surface area (Å²) in [6.45, 7) is 5.22. The van der Waals surface area contributed by atoms with E-state index in [1.807, 2.05) is 6.20 Å². The zero-order chi connectivity index (χ0) is 15.7. The van der Waals surface area contributed by atoms with Gasteiger partial charge >= 0.3 is 0 Å². The molecular weight excluding hydrogens is 292 g/mol. The molecule has 1 amide bonds. The topological polar surface area (TPSA) is 61.5 Å². The predicted molar refractivity (Wildman–Crippen MR) is 85.7 cm³/mol. The van der Waals surface area contributed by atoms with E-state index < -0.39 is 0 Å². The van der Waals surface area contributed by atoms with Gasteiger partial charge in [-0.3, -0.25) is 9.69 Å². The summed E-state index contributed by atoms with van der Waals surface area (Å²) in [6.07, 6.45) is 8.82. The molecule has 0 saturated carbocycles. The van der Waals surface area contributed by atoms with Crippen molar-refractivity contribution in [2.75, 3.05) is 32.8 Å². The highest BCUT2D eigenvalue weighted by molar-refractivity contribution is 5.84. The molecule has 1 atom stereocenters. The van der Waals surface area contributed by atoms with E-state index in [2.05, 4.69) is 19.8 Å². The molecule has 6 heteroatoms. The maximum Gasteiger partial charge on any atom is 0.230 e. The van der Waals surface area contributed by atoms with Gasteiger partial charge in [0, 0.05) is 44.7 Å². The third-order valence-corrected chi connectivity index (χ3v) is 5.76. The number of carbonyl (C=O) groups excluding carboxylic acids is 1. The van der Waals surface area contributed by atoms with Crippen LogP contribution in [0.5, 0.6) is 0 Å². The van der Waals surface area contributed by atoms with Gasteiger partial charge in [-0.15, -0.1) is 0 Å². The summed E-state index contributed by atoms with van der Waals surface area (Å²) >= 11 is 0. The van der Waals surface area contributed by atoms with E-state index in [-0.39, 0.29) is 5.41 Å². The summed E-state index contributed by atoms with van der Waals surface area (Å²) in [5.41, 5.74) is -0.150. The van der Waals surface area contributed by atoms with Crippen molar-refractivity contribution in [3.63, 3.8) is 0 Å². The van der Waals surface area contributed by atoms with Crippen molar-refractivity contribution >= 4 is 5.91 Å². The quantitative estimate of drug-likeness (QED) is 0.915. The van der Waals surface area contributed by atoms with Crippen LogP contribution < -0.4 is 0 Å². The summed E-state index contributed by atoms with van der Waals surface area (Å²) < 4.78 is 5.46. The van der Waals surface area contributed by atoms with Crippen LogP contribution in [0.4, 0.5) is 0 Å². The number of imidazole rings is 1. The summed E-state index contributed by atoms with van der Waals surface area (Å²) in [5, 5.41) is 0.